The van der Waals surface area contributed by atoms with E-state index in [2.05, 4.69) is 6.92 Å². The van der Waals surface area contributed by atoms with Crippen LogP contribution >= 0.6 is 0 Å². The summed E-state index contributed by atoms with van der Waals surface area (Å²) in [5.74, 6) is -0.280. The number of hydrogen-bond acceptors (Lipinski definition) is 3. The van der Waals surface area contributed by atoms with Gasteiger partial charge in [0.25, 0.3) is 0 Å². The minimum absolute atomic E-state index is 0.0567. The number of ether oxygens (including phenoxy) is 1. The smallest absolute Gasteiger partial charge is 0.338 e. The maximum atomic E-state index is 11.4. The maximum Gasteiger partial charge on any atom is 0.338 e. The molecule has 3 heteroatoms. The molecule has 0 saturated heterocycles. The van der Waals surface area contributed by atoms with Gasteiger partial charge in [0.2, 0.25) is 0 Å². The van der Waals surface area contributed by atoms with Gasteiger partial charge in [0.15, 0.2) is 0 Å². The lowest BCUT2D eigenvalue weighted by atomic mass is 10.0. The van der Waals surface area contributed by atoms with Gasteiger partial charge in [-0.3, -0.25) is 0 Å². The molecule has 0 aromatic heterocycles. The van der Waals surface area contributed by atoms with Crippen molar-refractivity contribution >= 4 is 5.97 Å². The first-order chi connectivity index (χ1) is 7.69. The summed E-state index contributed by atoms with van der Waals surface area (Å²) in [6.45, 7) is 4.30. The Morgan fingerprint density at radius 2 is 1.94 bits per heavy atom. The lowest BCUT2D eigenvalue weighted by Gasteiger charge is -2.10. The second-order valence-corrected chi connectivity index (χ2v) is 3.74. The molecule has 0 unspecified atom stereocenters. The zero-order valence-corrected chi connectivity index (χ0v) is 9.90. The molecule has 1 atom stereocenters. The third-order valence-corrected chi connectivity index (χ3v) is 2.45. The molecule has 0 amide bonds. The molecule has 1 rings (SSSR count). The predicted octanol–water partition coefficient (Wildman–Crippen LogP) is 2.66. The van der Waals surface area contributed by atoms with Crippen molar-refractivity contribution in [3.63, 3.8) is 0 Å². The van der Waals surface area contributed by atoms with E-state index in [-0.39, 0.29) is 12.0 Å². The van der Waals surface area contributed by atoms with E-state index < -0.39 is 0 Å². The minimum atomic E-state index is -0.280. The highest BCUT2D eigenvalue weighted by molar-refractivity contribution is 5.89. The SMILES string of the molecule is CCC[C@H](N)c1ccc(C(=O)OCC)cc1. The highest BCUT2D eigenvalue weighted by Gasteiger charge is 2.08. The van der Waals surface area contributed by atoms with Crippen molar-refractivity contribution < 1.29 is 9.53 Å². The van der Waals surface area contributed by atoms with E-state index in [0.29, 0.717) is 12.2 Å². The Balaban J connectivity index is 2.71. The summed E-state index contributed by atoms with van der Waals surface area (Å²) < 4.78 is 4.91. The molecule has 0 bridgehead atoms. The van der Waals surface area contributed by atoms with Crippen LogP contribution in [0.4, 0.5) is 0 Å². The van der Waals surface area contributed by atoms with E-state index in [1.165, 1.54) is 0 Å². The van der Waals surface area contributed by atoms with E-state index in [0.717, 1.165) is 18.4 Å². The summed E-state index contributed by atoms with van der Waals surface area (Å²) in [4.78, 5) is 11.4. The van der Waals surface area contributed by atoms with E-state index in [9.17, 15) is 4.79 Å². The first-order valence-corrected chi connectivity index (χ1v) is 5.71. The predicted molar refractivity (Wildman–Crippen MR) is 64.2 cm³/mol. The summed E-state index contributed by atoms with van der Waals surface area (Å²) in [7, 11) is 0. The van der Waals surface area contributed by atoms with Crippen molar-refractivity contribution in [2.24, 2.45) is 5.73 Å². The van der Waals surface area contributed by atoms with E-state index >= 15 is 0 Å². The Labute approximate surface area is 96.6 Å². The van der Waals surface area contributed by atoms with Crippen LogP contribution in [0.5, 0.6) is 0 Å². The van der Waals surface area contributed by atoms with E-state index in [1.807, 2.05) is 12.1 Å². The molecular formula is C13H19NO2. The molecule has 0 aliphatic rings. The van der Waals surface area contributed by atoms with Crippen molar-refractivity contribution in [2.45, 2.75) is 32.7 Å². The van der Waals surface area contributed by atoms with E-state index in [1.54, 1.807) is 19.1 Å². The molecule has 0 fully saturated rings. The summed E-state index contributed by atoms with van der Waals surface area (Å²) in [5, 5.41) is 0. The number of carbonyl (C=O) groups excluding carboxylic acids is 1. The molecule has 88 valence electrons. The first kappa shape index (κ1) is 12.7. The van der Waals surface area contributed by atoms with Gasteiger partial charge < -0.3 is 10.5 Å². The van der Waals surface area contributed by atoms with Crippen LogP contribution in [0.25, 0.3) is 0 Å². The largest absolute Gasteiger partial charge is 0.462 e. The molecular weight excluding hydrogens is 202 g/mol. The monoisotopic (exact) mass is 221 g/mol. The molecule has 2 N–H and O–H groups in total. The molecule has 0 radical (unpaired) electrons. The van der Waals surface area contributed by atoms with Crippen LogP contribution in [0.1, 0.15) is 48.7 Å². The molecule has 3 nitrogen and oxygen atoms in total. The van der Waals surface area contributed by atoms with Gasteiger partial charge in [-0.25, -0.2) is 4.79 Å². The third kappa shape index (κ3) is 3.35. The molecule has 0 spiro atoms. The van der Waals surface area contributed by atoms with Gasteiger partial charge in [0, 0.05) is 6.04 Å². The first-order valence-electron chi connectivity index (χ1n) is 5.71. The quantitative estimate of drug-likeness (QED) is 0.778. The average molecular weight is 221 g/mol. The number of esters is 1. The van der Waals surface area contributed by atoms with Crippen molar-refractivity contribution in [1.82, 2.24) is 0 Å². The Bertz CT molecular complexity index is 332. The number of nitrogens with two attached hydrogens (primary N) is 1. The fraction of sp³-hybridized carbons (Fsp3) is 0.462. The summed E-state index contributed by atoms with van der Waals surface area (Å²) >= 11 is 0. The standard InChI is InChI=1S/C13H19NO2/c1-3-5-12(14)10-6-8-11(9-7-10)13(15)16-4-2/h6-9,12H,3-5,14H2,1-2H3/t12-/m0/s1. The molecule has 1 aromatic carbocycles. The van der Waals surface area contributed by atoms with E-state index in [4.69, 9.17) is 10.5 Å². The second-order valence-electron chi connectivity index (χ2n) is 3.74. The van der Waals surface area contributed by atoms with Crippen LogP contribution in [-0.4, -0.2) is 12.6 Å². The molecule has 0 aliphatic carbocycles. The molecule has 0 saturated carbocycles. The fourth-order valence-electron chi connectivity index (χ4n) is 1.56. The van der Waals surface area contributed by atoms with Gasteiger partial charge in [-0.1, -0.05) is 25.5 Å². The molecule has 0 aliphatic heterocycles. The van der Waals surface area contributed by atoms with Gasteiger partial charge in [0.1, 0.15) is 0 Å². The highest BCUT2D eigenvalue weighted by Crippen LogP contribution is 2.16. The number of hydrogen-bond donors (Lipinski definition) is 1. The summed E-state index contributed by atoms with van der Waals surface area (Å²) in [6, 6.07) is 7.38. The Morgan fingerprint density at radius 1 is 1.31 bits per heavy atom. The maximum absolute atomic E-state index is 11.4. The van der Waals surface area contributed by atoms with Crippen LogP contribution < -0.4 is 5.73 Å². The number of rotatable bonds is 5. The zero-order valence-electron chi connectivity index (χ0n) is 9.90. The van der Waals surface area contributed by atoms with Crippen molar-refractivity contribution in [2.75, 3.05) is 6.61 Å². The average Bonchev–Trinajstić information content (AvgIpc) is 2.30. The van der Waals surface area contributed by atoms with Crippen LogP contribution in [0.15, 0.2) is 24.3 Å². The highest BCUT2D eigenvalue weighted by atomic mass is 16.5. The normalized spacial score (nSPS) is 12.2. The lowest BCUT2D eigenvalue weighted by molar-refractivity contribution is 0.0526. The van der Waals surface area contributed by atoms with Gasteiger partial charge >= 0.3 is 5.97 Å². The van der Waals surface area contributed by atoms with Crippen LogP contribution in [0, 0.1) is 0 Å². The second kappa shape index (κ2) is 6.28. The van der Waals surface area contributed by atoms with Gasteiger partial charge in [-0.2, -0.15) is 0 Å². The Kier molecular flexibility index (Phi) is 4.99. The summed E-state index contributed by atoms with van der Waals surface area (Å²) in [6.07, 6.45) is 2.01. The molecule has 1 aromatic rings. The molecule has 0 heterocycles. The number of benzene rings is 1. The van der Waals surface area contributed by atoms with Crippen molar-refractivity contribution in [3.8, 4) is 0 Å². The molecule has 16 heavy (non-hydrogen) atoms. The van der Waals surface area contributed by atoms with Crippen LogP contribution in [0.2, 0.25) is 0 Å². The van der Waals surface area contributed by atoms with Crippen molar-refractivity contribution in [3.05, 3.63) is 35.4 Å². The zero-order chi connectivity index (χ0) is 12.0. The Hall–Kier alpha value is -1.35. The minimum Gasteiger partial charge on any atom is -0.462 e. The topological polar surface area (TPSA) is 52.3 Å². The van der Waals surface area contributed by atoms with Gasteiger partial charge in [0.05, 0.1) is 12.2 Å². The third-order valence-electron chi connectivity index (χ3n) is 2.45. The van der Waals surface area contributed by atoms with Crippen LogP contribution in [0.3, 0.4) is 0 Å². The summed E-state index contributed by atoms with van der Waals surface area (Å²) in [5.41, 5.74) is 7.62. The lowest BCUT2D eigenvalue weighted by Crippen LogP contribution is -2.10. The van der Waals surface area contributed by atoms with Gasteiger partial charge in [-0.15, -0.1) is 0 Å². The van der Waals surface area contributed by atoms with Crippen LogP contribution in [-0.2, 0) is 4.74 Å². The van der Waals surface area contributed by atoms with Gasteiger partial charge in [-0.05, 0) is 31.0 Å². The fourth-order valence-corrected chi connectivity index (χ4v) is 1.56. The van der Waals surface area contributed by atoms with Crippen molar-refractivity contribution in [1.29, 1.82) is 0 Å². The number of carbonyl (C=O) groups is 1. The Morgan fingerprint density at radius 3 is 2.44 bits per heavy atom.